The minimum absolute atomic E-state index is 0.179. The summed E-state index contributed by atoms with van der Waals surface area (Å²) in [5.74, 6) is -0.620. The van der Waals surface area contributed by atoms with Crippen LogP contribution in [0.1, 0.15) is 11.1 Å². The van der Waals surface area contributed by atoms with Crippen LogP contribution in [0.3, 0.4) is 0 Å². The van der Waals surface area contributed by atoms with Gasteiger partial charge in [0.1, 0.15) is 11.6 Å². The minimum Gasteiger partial charge on any atom is -0.321 e. The monoisotopic (exact) mass is 341 g/mol. The SMILES string of the molecule is Cc1cccc(NC(=O)/C(C#N)=C/c2cc([N+](=O)[O-])ccc2Cl)c1. The quantitative estimate of drug-likeness (QED) is 0.392. The fourth-order valence-corrected chi connectivity index (χ4v) is 2.15. The maximum Gasteiger partial charge on any atom is 0.270 e. The van der Waals surface area contributed by atoms with E-state index in [-0.39, 0.29) is 21.8 Å². The van der Waals surface area contributed by atoms with Crippen molar-refractivity contribution in [1.82, 2.24) is 0 Å². The number of non-ortho nitro benzene ring substituents is 1. The van der Waals surface area contributed by atoms with Crippen molar-refractivity contribution in [1.29, 1.82) is 5.26 Å². The zero-order chi connectivity index (χ0) is 17.7. The number of rotatable bonds is 4. The fraction of sp³-hybridized carbons (Fsp3) is 0.0588. The zero-order valence-corrected chi connectivity index (χ0v) is 13.4. The van der Waals surface area contributed by atoms with E-state index in [0.717, 1.165) is 5.56 Å². The zero-order valence-electron chi connectivity index (χ0n) is 12.6. The Morgan fingerprint density at radius 3 is 2.71 bits per heavy atom. The van der Waals surface area contributed by atoms with E-state index < -0.39 is 10.8 Å². The van der Waals surface area contributed by atoms with Crippen LogP contribution in [0.5, 0.6) is 0 Å². The lowest BCUT2D eigenvalue weighted by molar-refractivity contribution is -0.384. The molecule has 2 aromatic carbocycles. The van der Waals surface area contributed by atoms with Gasteiger partial charge in [-0.1, -0.05) is 23.7 Å². The van der Waals surface area contributed by atoms with Crippen LogP contribution in [-0.2, 0) is 4.79 Å². The van der Waals surface area contributed by atoms with E-state index in [0.29, 0.717) is 5.69 Å². The van der Waals surface area contributed by atoms with Gasteiger partial charge in [-0.05, 0) is 36.8 Å². The Labute approximate surface area is 143 Å². The average Bonchev–Trinajstić information content (AvgIpc) is 2.53. The summed E-state index contributed by atoms with van der Waals surface area (Å²) in [6.07, 6.45) is 1.22. The second kappa shape index (κ2) is 7.40. The molecule has 0 unspecified atom stereocenters. The molecule has 2 rings (SSSR count). The largest absolute Gasteiger partial charge is 0.321 e. The van der Waals surface area contributed by atoms with Crippen LogP contribution in [0, 0.1) is 28.4 Å². The van der Waals surface area contributed by atoms with Crippen molar-refractivity contribution in [2.75, 3.05) is 5.32 Å². The number of benzene rings is 2. The first-order chi connectivity index (χ1) is 11.4. The third kappa shape index (κ3) is 4.18. The molecule has 0 saturated carbocycles. The first-order valence-corrected chi connectivity index (χ1v) is 7.22. The van der Waals surface area contributed by atoms with Gasteiger partial charge in [-0.2, -0.15) is 5.26 Å². The molecule has 0 aliphatic rings. The highest BCUT2D eigenvalue weighted by Crippen LogP contribution is 2.24. The number of aryl methyl sites for hydroxylation is 1. The summed E-state index contributed by atoms with van der Waals surface area (Å²) in [6.45, 7) is 1.87. The highest BCUT2D eigenvalue weighted by Gasteiger charge is 2.13. The summed E-state index contributed by atoms with van der Waals surface area (Å²) in [7, 11) is 0. The second-order valence-corrected chi connectivity index (χ2v) is 5.36. The molecular formula is C17H12ClN3O3. The number of nitrogens with one attached hydrogen (secondary N) is 1. The number of hydrogen-bond donors (Lipinski definition) is 1. The summed E-state index contributed by atoms with van der Waals surface area (Å²) in [5.41, 5.74) is 1.34. The summed E-state index contributed by atoms with van der Waals surface area (Å²) >= 11 is 5.98. The van der Waals surface area contributed by atoms with E-state index >= 15 is 0 Å². The van der Waals surface area contributed by atoms with Crippen LogP contribution in [0.4, 0.5) is 11.4 Å². The van der Waals surface area contributed by atoms with Gasteiger partial charge in [-0.25, -0.2) is 0 Å². The molecule has 0 aliphatic carbocycles. The van der Waals surface area contributed by atoms with E-state index in [1.807, 2.05) is 13.0 Å². The molecule has 1 N–H and O–H groups in total. The number of carbonyl (C=O) groups excluding carboxylic acids is 1. The Hall–Kier alpha value is -3.17. The summed E-state index contributed by atoms with van der Waals surface area (Å²) in [4.78, 5) is 22.5. The minimum atomic E-state index is -0.620. The molecule has 6 nitrogen and oxygen atoms in total. The smallest absolute Gasteiger partial charge is 0.270 e. The molecule has 0 aromatic heterocycles. The number of amides is 1. The normalized spacial score (nSPS) is 10.8. The predicted octanol–water partition coefficient (Wildman–Crippen LogP) is 4.10. The van der Waals surface area contributed by atoms with Gasteiger partial charge in [0.25, 0.3) is 11.6 Å². The Morgan fingerprint density at radius 1 is 1.33 bits per heavy atom. The highest BCUT2D eigenvalue weighted by molar-refractivity contribution is 6.32. The van der Waals surface area contributed by atoms with Crippen LogP contribution in [-0.4, -0.2) is 10.8 Å². The number of nitriles is 1. The molecule has 0 heterocycles. The van der Waals surface area contributed by atoms with Gasteiger partial charge in [-0.15, -0.1) is 0 Å². The van der Waals surface area contributed by atoms with Crippen LogP contribution in [0.2, 0.25) is 5.02 Å². The summed E-state index contributed by atoms with van der Waals surface area (Å²) in [5, 5.41) is 22.8. The number of nitrogens with zero attached hydrogens (tertiary/aromatic N) is 2. The maximum atomic E-state index is 12.2. The molecule has 24 heavy (non-hydrogen) atoms. The van der Waals surface area contributed by atoms with Gasteiger partial charge in [0.05, 0.1) is 4.92 Å². The Kier molecular flexibility index (Phi) is 5.30. The van der Waals surface area contributed by atoms with E-state index in [1.165, 1.54) is 24.3 Å². The molecule has 1 amide bonds. The molecular weight excluding hydrogens is 330 g/mol. The Bertz CT molecular complexity index is 885. The molecule has 0 bridgehead atoms. The van der Waals surface area contributed by atoms with Crippen LogP contribution in [0.15, 0.2) is 48.0 Å². The molecule has 0 spiro atoms. The number of carbonyl (C=O) groups is 1. The van der Waals surface area contributed by atoms with Gasteiger partial charge in [-0.3, -0.25) is 14.9 Å². The van der Waals surface area contributed by atoms with E-state index in [1.54, 1.807) is 24.3 Å². The number of nitro groups is 1. The molecule has 2 aromatic rings. The van der Waals surface area contributed by atoms with Crippen molar-refractivity contribution in [3.8, 4) is 6.07 Å². The van der Waals surface area contributed by atoms with Crippen molar-refractivity contribution in [3.05, 3.63) is 74.3 Å². The van der Waals surface area contributed by atoms with Crippen LogP contribution in [0.25, 0.3) is 6.08 Å². The lowest BCUT2D eigenvalue weighted by atomic mass is 10.1. The van der Waals surface area contributed by atoms with Gasteiger partial charge < -0.3 is 5.32 Å². The van der Waals surface area contributed by atoms with Gasteiger partial charge in [0.2, 0.25) is 0 Å². The van der Waals surface area contributed by atoms with Crippen molar-refractivity contribution in [3.63, 3.8) is 0 Å². The fourth-order valence-electron chi connectivity index (χ4n) is 1.98. The molecule has 0 aliphatic heterocycles. The third-order valence-electron chi connectivity index (χ3n) is 3.13. The number of anilines is 1. The molecule has 0 radical (unpaired) electrons. The maximum absolute atomic E-state index is 12.2. The van der Waals surface area contributed by atoms with Gasteiger partial charge in [0, 0.05) is 28.4 Å². The van der Waals surface area contributed by atoms with E-state index in [2.05, 4.69) is 5.32 Å². The molecule has 120 valence electrons. The number of halogens is 1. The van der Waals surface area contributed by atoms with Gasteiger partial charge >= 0.3 is 0 Å². The van der Waals surface area contributed by atoms with Gasteiger partial charge in [0.15, 0.2) is 0 Å². The Balaban J connectivity index is 2.32. The first-order valence-electron chi connectivity index (χ1n) is 6.84. The third-order valence-corrected chi connectivity index (χ3v) is 3.48. The predicted molar refractivity (Wildman–Crippen MR) is 91.5 cm³/mol. The van der Waals surface area contributed by atoms with E-state index in [4.69, 9.17) is 11.6 Å². The van der Waals surface area contributed by atoms with Crippen molar-refractivity contribution < 1.29 is 9.72 Å². The lowest BCUT2D eigenvalue weighted by Crippen LogP contribution is -2.13. The van der Waals surface area contributed by atoms with Crippen LogP contribution >= 0.6 is 11.6 Å². The number of nitro benzene ring substituents is 1. The first kappa shape index (κ1) is 17.2. The Morgan fingerprint density at radius 2 is 2.08 bits per heavy atom. The van der Waals surface area contributed by atoms with Crippen molar-refractivity contribution >= 4 is 35.0 Å². The lowest BCUT2D eigenvalue weighted by Gasteiger charge is -2.05. The number of hydrogen-bond acceptors (Lipinski definition) is 4. The van der Waals surface area contributed by atoms with E-state index in [9.17, 15) is 20.2 Å². The van der Waals surface area contributed by atoms with Crippen LogP contribution < -0.4 is 5.32 Å². The topological polar surface area (TPSA) is 96.0 Å². The molecule has 7 heteroatoms. The average molecular weight is 342 g/mol. The molecule has 0 atom stereocenters. The highest BCUT2D eigenvalue weighted by atomic mass is 35.5. The molecule has 0 fully saturated rings. The second-order valence-electron chi connectivity index (χ2n) is 4.96. The summed E-state index contributed by atoms with van der Waals surface area (Å²) < 4.78 is 0. The van der Waals surface area contributed by atoms with Crippen molar-refractivity contribution in [2.45, 2.75) is 6.92 Å². The summed E-state index contributed by atoms with van der Waals surface area (Å²) in [6, 6.07) is 12.7. The standard InChI is InChI=1S/C17H12ClN3O3/c1-11-3-2-4-14(7-11)20-17(22)13(10-19)8-12-9-15(21(23)24)5-6-16(12)18/h2-9H,1H3,(H,20,22)/b13-8+. The molecule has 0 saturated heterocycles. The van der Waals surface area contributed by atoms with Crippen molar-refractivity contribution in [2.24, 2.45) is 0 Å².